The molecule has 0 aliphatic carbocycles. The number of H-pyrrole nitrogens is 1. The third-order valence-electron chi connectivity index (χ3n) is 5.26. The first-order chi connectivity index (χ1) is 16.1. The van der Waals surface area contributed by atoms with Gasteiger partial charge in [0.2, 0.25) is 0 Å². The maximum absolute atomic E-state index is 12.5. The van der Waals surface area contributed by atoms with Crippen LogP contribution in [-0.2, 0) is 6.54 Å². The fourth-order valence-electron chi connectivity index (χ4n) is 3.54. The second-order valence-corrected chi connectivity index (χ2v) is 8.74. The number of benzene rings is 2. The number of furan rings is 1. The molecule has 0 fully saturated rings. The number of ether oxygens (including phenoxy) is 1. The van der Waals surface area contributed by atoms with Gasteiger partial charge >= 0.3 is 0 Å². The molecule has 33 heavy (non-hydrogen) atoms. The molecule has 5 aromatic rings. The van der Waals surface area contributed by atoms with Crippen LogP contribution in [0, 0.1) is 0 Å². The molecule has 0 radical (unpaired) electrons. The molecule has 1 N–H and O–H groups in total. The van der Waals surface area contributed by atoms with E-state index in [1.807, 2.05) is 66.1 Å². The maximum atomic E-state index is 12.5. The minimum atomic E-state index is -0.162. The molecule has 9 heteroatoms. The maximum Gasteiger partial charge on any atom is 0.258 e. The molecular formula is C24H21N5O3S. The molecule has 1 unspecified atom stereocenters. The molecular weight excluding hydrogens is 438 g/mol. The summed E-state index contributed by atoms with van der Waals surface area (Å²) in [6.07, 6.45) is 1.64. The zero-order chi connectivity index (χ0) is 22.8. The summed E-state index contributed by atoms with van der Waals surface area (Å²) in [4.78, 5) is 20.1. The monoisotopic (exact) mass is 459 g/mol. The fourth-order valence-corrected chi connectivity index (χ4v) is 4.45. The molecule has 0 spiro atoms. The van der Waals surface area contributed by atoms with E-state index >= 15 is 0 Å². The average Bonchev–Trinajstić information content (AvgIpc) is 3.50. The number of nitrogens with one attached hydrogen (secondary N) is 1. The number of fused-ring (bicyclic) bond motifs is 1. The summed E-state index contributed by atoms with van der Waals surface area (Å²) in [6.45, 7) is 2.45. The molecule has 0 bridgehead atoms. The van der Waals surface area contributed by atoms with Crippen molar-refractivity contribution >= 4 is 22.7 Å². The summed E-state index contributed by atoms with van der Waals surface area (Å²) in [5, 5.41) is 10.0. The standard InChI is InChI=1S/C24H21N5O3S/c1-15(21-25-20-8-4-3-7-19(20)23(30)26-21)33-24-28-27-22(16-9-11-17(31-2)12-10-16)29(24)14-18-6-5-13-32-18/h3-13,15H,14H2,1-2H3,(H,25,26,30). The Labute approximate surface area is 193 Å². The van der Waals surface area contributed by atoms with Gasteiger partial charge in [0, 0.05) is 5.56 Å². The highest BCUT2D eigenvalue weighted by Crippen LogP contribution is 2.34. The summed E-state index contributed by atoms with van der Waals surface area (Å²) in [5.41, 5.74) is 1.42. The Morgan fingerprint density at radius 2 is 1.91 bits per heavy atom. The lowest BCUT2D eigenvalue weighted by molar-refractivity contribution is 0.415. The predicted octanol–water partition coefficient (Wildman–Crippen LogP) is 4.68. The van der Waals surface area contributed by atoms with Crippen LogP contribution in [0.5, 0.6) is 5.75 Å². The van der Waals surface area contributed by atoms with Crippen molar-refractivity contribution in [3.05, 3.63) is 88.9 Å². The van der Waals surface area contributed by atoms with Crippen molar-refractivity contribution in [2.24, 2.45) is 0 Å². The molecule has 3 aromatic heterocycles. The Morgan fingerprint density at radius 3 is 2.67 bits per heavy atom. The van der Waals surface area contributed by atoms with Crippen molar-refractivity contribution < 1.29 is 9.15 Å². The summed E-state index contributed by atoms with van der Waals surface area (Å²) in [5.74, 6) is 2.85. The van der Waals surface area contributed by atoms with Crippen molar-refractivity contribution in [3.63, 3.8) is 0 Å². The van der Waals surface area contributed by atoms with Crippen LogP contribution >= 0.6 is 11.8 Å². The Morgan fingerprint density at radius 1 is 1.09 bits per heavy atom. The van der Waals surface area contributed by atoms with Gasteiger partial charge in [-0.25, -0.2) is 4.98 Å². The molecule has 3 heterocycles. The Kier molecular flexibility index (Phi) is 5.70. The van der Waals surface area contributed by atoms with E-state index in [2.05, 4.69) is 20.2 Å². The van der Waals surface area contributed by atoms with Crippen molar-refractivity contribution in [2.75, 3.05) is 7.11 Å². The third kappa shape index (κ3) is 4.27. The van der Waals surface area contributed by atoms with Gasteiger partial charge in [-0.1, -0.05) is 23.9 Å². The number of methoxy groups -OCH3 is 1. The fraction of sp³-hybridized carbons (Fsp3) is 0.167. The third-order valence-corrected chi connectivity index (χ3v) is 6.35. The molecule has 0 aliphatic heterocycles. The van der Waals surface area contributed by atoms with E-state index in [1.54, 1.807) is 19.4 Å². The number of hydrogen-bond acceptors (Lipinski definition) is 7. The number of hydrogen-bond donors (Lipinski definition) is 1. The zero-order valence-electron chi connectivity index (χ0n) is 18.1. The SMILES string of the molecule is COc1ccc(-c2nnc(SC(C)c3nc4ccccc4c(=O)[nH]3)n2Cc2ccco2)cc1. The minimum Gasteiger partial charge on any atom is -0.497 e. The van der Waals surface area contributed by atoms with Crippen molar-refractivity contribution in [2.45, 2.75) is 23.9 Å². The molecule has 5 rings (SSSR count). The van der Waals surface area contributed by atoms with Crippen LogP contribution in [0.25, 0.3) is 22.3 Å². The van der Waals surface area contributed by atoms with Crippen LogP contribution in [0.2, 0.25) is 0 Å². The summed E-state index contributed by atoms with van der Waals surface area (Å²) in [7, 11) is 1.63. The summed E-state index contributed by atoms with van der Waals surface area (Å²) in [6, 6.07) is 18.7. The number of thioether (sulfide) groups is 1. The predicted molar refractivity (Wildman–Crippen MR) is 126 cm³/mol. The highest BCUT2D eigenvalue weighted by Gasteiger charge is 2.20. The van der Waals surface area contributed by atoms with Crippen molar-refractivity contribution in [3.8, 4) is 17.1 Å². The normalized spacial score (nSPS) is 12.2. The molecule has 166 valence electrons. The van der Waals surface area contributed by atoms with Gasteiger partial charge in [0.05, 0.1) is 36.1 Å². The van der Waals surface area contributed by atoms with E-state index in [-0.39, 0.29) is 10.8 Å². The van der Waals surface area contributed by atoms with Gasteiger partial charge in [-0.2, -0.15) is 0 Å². The van der Waals surface area contributed by atoms with Crippen LogP contribution < -0.4 is 10.3 Å². The van der Waals surface area contributed by atoms with E-state index in [0.29, 0.717) is 34.3 Å². The Hall–Kier alpha value is -3.85. The smallest absolute Gasteiger partial charge is 0.258 e. The number of aromatic amines is 1. The minimum absolute atomic E-state index is 0.154. The topological polar surface area (TPSA) is 98.8 Å². The summed E-state index contributed by atoms with van der Waals surface area (Å²) >= 11 is 1.48. The Bertz CT molecular complexity index is 1440. The quantitative estimate of drug-likeness (QED) is 0.353. The number of nitrogens with zero attached hydrogens (tertiary/aromatic N) is 4. The van der Waals surface area contributed by atoms with Crippen molar-refractivity contribution in [1.82, 2.24) is 24.7 Å². The van der Waals surface area contributed by atoms with Crippen LogP contribution in [0.3, 0.4) is 0 Å². The van der Waals surface area contributed by atoms with Crippen molar-refractivity contribution in [1.29, 1.82) is 0 Å². The van der Waals surface area contributed by atoms with E-state index in [9.17, 15) is 4.79 Å². The van der Waals surface area contributed by atoms with Gasteiger partial charge < -0.3 is 14.1 Å². The van der Waals surface area contributed by atoms with Gasteiger partial charge in [-0.3, -0.25) is 9.36 Å². The van der Waals surface area contributed by atoms with Gasteiger partial charge in [0.25, 0.3) is 5.56 Å². The van der Waals surface area contributed by atoms with Crippen LogP contribution in [0.1, 0.15) is 23.8 Å². The first-order valence-corrected chi connectivity index (χ1v) is 11.3. The second-order valence-electron chi connectivity index (χ2n) is 7.43. The van der Waals surface area contributed by atoms with Gasteiger partial charge in [0.15, 0.2) is 11.0 Å². The highest BCUT2D eigenvalue weighted by molar-refractivity contribution is 7.99. The van der Waals surface area contributed by atoms with Crippen LogP contribution in [0.4, 0.5) is 0 Å². The van der Waals surface area contributed by atoms with Gasteiger partial charge in [0.1, 0.15) is 17.3 Å². The lowest BCUT2D eigenvalue weighted by atomic mass is 10.2. The second kappa shape index (κ2) is 8.95. The highest BCUT2D eigenvalue weighted by atomic mass is 32.2. The number of para-hydroxylation sites is 1. The van der Waals surface area contributed by atoms with Crippen LogP contribution in [0.15, 0.2) is 81.3 Å². The van der Waals surface area contributed by atoms with E-state index in [0.717, 1.165) is 17.1 Å². The first-order valence-electron chi connectivity index (χ1n) is 10.4. The van der Waals surface area contributed by atoms with E-state index in [1.165, 1.54) is 11.8 Å². The Balaban J connectivity index is 1.50. The lowest BCUT2D eigenvalue weighted by Gasteiger charge is -2.13. The molecule has 1 atom stereocenters. The molecule has 2 aromatic carbocycles. The van der Waals surface area contributed by atoms with Gasteiger partial charge in [-0.15, -0.1) is 10.2 Å². The lowest BCUT2D eigenvalue weighted by Crippen LogP contribution is -2.13. The van der Waals surface area contributed by atoms with E-state index < -0.39 is 0 Å². The largest absolute Gasteiger partial charge is 0.497 e. The molecule has 0 saturated heterocycles. The van der Waals surface area contributed by atoms with E-state index in [4.69, 9.17) is 9.15 Å². The molecule has 0 amide bonds. The molecule has 8 nitrogen and oxygen atoms in total. The first kappa shape index (κ1) is 21.0. The number of aromatic nitrogens is 5. The molecule has 0 aliphatic rings. The van der Waals surface area contributed by atoms with Gasteiger partial charge in [-0.05, 0) is 55.5 Å². The zero-order valence-corrected chi connectivity index (χ0v) is 18.9. The average molecular weight is 460 g/mol. The number of rotatable bonds is 7. The summed E-state index contributed by atoms with van der Waals surface area (Å²) < 4.78 is 12.8. The van der Waals surface area contributed by atoms with Crippen LogP contribution in [-0.4, -0.2) is 31.8 Å². The molecule has 0 saturated carbocycles.